The van der Waals surface area contributed by atoms with Gasteiger partial charge in [0.2, 0.25) is 0 Å². The van der Waals surface area contributed by atoms with E-state index in [1.165, 1.54) is 0 Å². The highest BCUT2D eigenvalue weighted by atomic mass is 16.5. The summed E-state index contributed by atoms with van der Waals surface area (Å²) >= 11 is 0. The van der Waals surface area contributed by atoms with E-state index in [1.807, 2.05) is 38.1 Å². The van der Waals surface area contributed by atoms with Gasteiger partial charge < -0.3 is 19.9 Å². The predicted octanol–water partition coefficient (Wildman–Crippen LogP) is 3.64. The average molecular weight is 287 g/mol. The van der Waals surface area contributed by atoms with Gasteiger partial charge in [-0.15, -0.1) is 0 Å². The first kappa shape index (κ1) is 15.0. The van der Waals surface area contributed by atoms with Crippen LogP contribution in [0.2, 0.25) is 0 Å². The summed E-state index contributed by atoms with van der Waals surface area (Å²) < 4.78 is 10.5. The Morgan fingerprint density at radius 2 is 1.67 bits per heavy atom. The topological polar surface area (TPSA) is 50.7 Å². The first-order valence-electron chi connectivity index (χ1n) is 6.80. The molecule has 4 nitrogen and oxygen atoms in total. The molecule has 0 unspecified atom stereocenters. The van der Waals surface area contributed by atoms with Crippen molar-refractivity contribution in [3.05, 3.63) is 47.0 Å². The lowest BCUT2D eigenvalue weighted by Gasteiger charge is -2.13. The van der Waals surface area contributed by atoms with Gasteiger partial charge in [-0.25, -0.2) is 0 Å². The maximum absolute atomic E-state index is 9.68. The highest BCUT2D eigenvalue weighted by molar-refractivity contribution is 5.57. The molecule has 0 fully saturated rings. The highest BCUT2D eigenvalue weighted by Crippen LogP contribution is 2.29. The summed E-state index contributed by atoms with van der Waals surface area (Å²) in [5.41, 5.74) is 3.98. The summed E-state index contributed by atoms with van der Waals surface area (Å²) in [7, 11) is 3.25. The molecule has 0 amide bonds. The molecular formula is C17H21NO3. The lowest BCUT2D eigenvalue weighted by atomic mass is 10.1. The number of phenolic OH excluding ortho intramolecular Hbond substituents is 1. The number of methoxy groups -OCH3 is 2. The first-order chi connectivity index (χ1) is 10.0. The van der Waals surface area contributed by atoms with Crippen molar-refractivity contribution >= 4 is 5.69 Å². The molecule has 0 aliphatic heterocycles. The smallest absolute Gasteiger partial charge is 0.161 e. The summed E-state index contributed by atoms with van der Waals surface area (Å²) in [6, 6.07) is 9.56. The van der Waals surface area contributed by atoms with Gasteiger partial charge in [-0.3, -0.25) is 0 Å². The highest BCUT2D eigenvalue weighted by Gasteiger charge is 2.06. The van der Waals surface area contributed by atoms with Gasteiger partial charge in [0, 0.05) is 12.2 Å². The van der Waals surface area contributed by atoms with Crippen molar-refractivity contribution in [2.24, 2.45) is 0 Å². The number of rotatable bonds is 5. The van der Waals surface area contributed by atoms with Crippen molar-refractivity contribution < 1.29 is 14.6 Å². The molecule has 4 heteroatoms. The van der Waals surface area contributed by atoms with E-state index in [2.05, 4.69) is 5.32 Å². The molecule has 0 radical (unpaired) electrons. The Morgan fingerprint density at radius 3 is 2.33 bits per heavy atom. The molecule has 112 valence electrons. The van der Waals surface area contributed by atoms with Crippen molar-refractivity contribution in [3.63, 3.8) is 0 Å². The molecule has 0 aliphatic rings. The molecule has 0 saturated carbocycles. The lowest BCUT2D eigenvalue weighted by molar-refractivity contribution is 0.354. The predicted molar refractivity (Wildman–Crippen MR) is 84.5 cm³/mol. The molecule has 0 heterocycles. The van der Waals surface area contributed by atoms with Crippen LogP contribution in [0.3, 0.4) is 0 Å². The maximum Gasteiger partial charge on any atom is 0.161 e. The zero-order chi connectivity index (χ0) is 15.4. The van der Waals surface area contributed by atoms with Crippen LogP contribution in [0.15, 0.2) is 30.3 Å². The monoisotopic (exact) mass is 287 g/mol. The molecule has 2 N–H and O–H groups in total. The molecule has 2 rings (SSSR count). The Morgan fingerprint density at radius 1 is 0.952 bits per heavy atom. The maximum atomic E-state index is 9.68. The quantitative estimate of drug-likeness (QED) is 0.824. The summed E-state index contributed by atoms with van der Waals surface area (Å²) in [5, 5.41) is 13.1. The third-order valence-electron chi connectivity index (χ3n) is 3.47. The van der Waals surface area contributed by atoms with E-state index in [0.29, 0.717) is 12.3 Å². The Kier molecular flexibility index (Phi) is 4.58. The van der Waals surface area contributed by atoms with Crippen LogP contribution in [0, 0.1) is 13.8 Å². The van der Waals surface area contributed by atoms with Gasteiger partial charge in [-0.05, 0) is 54.8 Å². The summed E-state index contributed by atoms with van der Waals surface area (Å²) in [5.74, 6) is 1.76. The van der Waals surface area contributed by atoms with Gasteiger partial charge in [0.05, 0.1) is 14.2 Å². The van der Waals surface area contributed by atoms with E-state index in [1.54, 1.807) is 20.3 Å². The van der Waals surface area contributed by atoms with Crippen LogP contribution in [0.1, 0.15) is 16.7 Å². The van der Waals surface area contributed by atoms with Crippen molar-refractivity contribution in [1.82, 2.24) is 0 Å². The third-order valence-corrected chi connectivity index (χ3v) is 3.47. The number of ether oxygens (including phenoxy) is 2. The van der Waals surface area contributed by atoms with E-state index in [-0.39, 0.29) is 0 Å². The van der Waals surface area contributed by atoms with Gasteiger partial charge in [-0.1, -0.05) is 6.07 Å². The molecule has 2 aromatic rings. The second-order valence-electron chi connectivity index (χ2n) is 5.00. The van der Waals surface area contributed by atoms with Crippen LogP contribution in [-0.4, -0.2) is 19.3 Å². The SMILES string of the molecule is COc1ccc(CNc2cc(C)c(O)cc2C)cc1OC. The van der Waals surface area contributed by atoms with Crippen molar-refractivity contribution in [2.45, 2.75) is 20.4 Å². The van der Waals surface area contributed by atoms with E-state index < -0.39 is 0 Å². The van der Waals surface area contributed by atoms with Crippen LogP contribution >= 0.6 is 0 Å². The summed E-state index contributed by atoms with van der Waals surface area (Å²) in [6.45, 7) is 4.53. The molecule has 0 aliphatic carbocycles. The number of hydrogen-bond acceptors (Lipinski definition) is 4. The molecule has 0 aromatic heterocycles. The Bertz CT molecular complexity index is 638. The summed E-state index contributed by atoms with van der Waals surface area (Å²) in [4.78, 5) is 0. The normalized spacial score (nSPS) is 10.3. The van der Waals surface area contributed by atoms with Crippen LogP contribution < -0.4 is 14.8 Å². The van der Waals surface area contributed by atoms with E-state index in [9.17, 15) is 5.11 Å². The number of aryl methyl sites for hydroxylation is 2. The number of phenols is 1. The summed E-state index contributed by atoms with van der Waals surface area (Å²) in [6.07, 6.45) is 0. The van der Waals surface area contributed by atoms with E-state index >= 15 is 0 Å². The van der Waals surface area contributed by atoms with Gasteiger partial charge in [0.25, 0.3) is 0 Å². The zero-order valence-corrected chi connectivity index (χ0v) is 12.9. The van der Waals surface area contributed by atoms with Crippen LogP contribution in [0.4, 0.5) is 5.69 Å². The number of hydrogen-bond donors (Lipinski definition) is 2. The average Bonchev–Trinajstić information content (AvgIpc) is 2.49. The van der Waals surface area contributed by atoms with Gasteiger partial charge in [-0.2, -0.15) is 0 Å². The fraction of sp³-hybridized carbons (Fsp3) is 0.294. The molecule has 0 bridgehead atoms. The Hall–Kier alpha value is -2.36. The molecular weight excluding hydrogens is 266 g/mol. The van der Waals surface area contributed by atoms with Gasteiger partial charge >= 0.3 is 0 Å². The number of nitrogens with one attached hydrogen (secondary N) is 1. The molecule has 2 aromatic carbocycles. The Balaban J connectivity index is 2.15. The van der Waals surface area contributed by atoms with Crippen LogP contribution in [-0.2, 0) is 6.54 Å². The second kappa shape index (κ2) is 6.39. The molecule has 21 heavy (non-hydrogen) atoms. The fourth-order valence-electron chi connectivity index (χ4n) is 2.18. The van der Waals surface area contributed by atoms with Crippen molar-refractivity contribution in [1.29, 1.82) is 0 Å². The molecule has 0 spiro atoms. The van der Waals surface area contributed by atoms with Crippen molar-refractivity contribution in [2.75, 3.05) is 19.5 Å². The fourth-order valence-corrected chi connectivity index (χ4v) is 2.18. The van der Waals surface area contributed by atoms with Gasteiger partial charge in [0.1, 0.15) is 5.75 Å². The largest absolute Gasteiger partial charge is 0.508 e. The van der Waals surface area contributed by atoms with Crippen molar-refractivity contribution in [3.8, 4) is 17.2 Å². The van der Waals surface area contributed by atoms with E-state index in [4.69, 9.17) is 9.47 Å². The second-order valence-corrected chi connectivity index (χ2v) is 5.00. The standard InChI is InChI=1S/C17H21NO3/c1-11-8-15(19)12(2)7-14(11)18-10-13-5-6-16(20-3)17(9-13)21-4/h5-9,18-19H,10H2,1-4H3. The number of anilines is 1. The third kappa shape index (κ3) is 3.40. The Labute approximate surface area is 125 Å². The minimum atomic E-state index is 0.323. The zero-order valence-electron chi connectivity index (χ0n) is 12.9. The van der Waals surface area contributed by atoms with Crippen LogP contribution in [0.5, 0.6) is 17.2 Å². The minimum Gasteiger partial charge on any atom is -0.508 e. The number of benzene rings is 2. The molecule has 0 atom stereocenters. The number of aromatic hydroxyl groups is 1. The van der Waals surface area contributed by atoms with Gasteiger partial charge in [0.15, 0.2) is 11.5 Å². The first-order valence-corrected chi connectivity index (χ1v) is 6.80. The van der Waals surface area contributed by atoms with E-state index in [0.717, 1.165) is 33.9 Å². The lowest BCUT2D eigenvalue weighted by Crippen LogP contribution is -2.02. The van der Waals surface area contributed by atoms with Crippen LogP contribution in [0.25, 0.3) is 0 Å². The minimum absolute atomic E-state index is 0.323. The molecule has 0 saturated heterocycles.